The molecule has 1 atom stereocenters. The van der Waals surface area contributed by atoms with Crippen LogP contribution >= 0.6 is 0 Å². The van der Waals surface area contributed by atoms with E-state index in [1.807, 2.05) is 37.3 Å². The van der Waals surface area contributed by atoms with E-state index >= 15 is 0 Å². The highest BCUT2D eigenvalue weighted by atomic mass is 16.4. The molecule has 0 aliphatic rings. The van der Waals surface area contributed by atoms with Crippen molar-refractivity contribution < 1.29 is 9.90 Å². The SMILES string of the molecule is CC(Nc1ncc(C(=O)O)c(=O)[nH]1)c1ccccc1. The van der Waals surface area contributed by atoms with Crippen LogP contribution in [0, 0.1) is 0 Å². The number of carboxylic acids is 1. The molecule has 0 bridgehead atoms. The molecule has 98 valence electrons. The first-order valence-corrected chi connectivity index (χ1v) is 5.72. The highest BCUT2D eigenvalue weighted by Crippen LogP contribution is 2.15. The van der Waals surface area contributed by atoms with Gasteiger partial charge in [-0.25, -0.2) is 9.78 Å². The molecule has 0 radical (unpaired) electrons. The molecule has 0 aliphatic heterocycles. The van der Waals surface area contributed by atoms with Crippen LogP contribution in [0.2, 0.25) is 0 Å². The van der Waals surface area contributed by atoms with Gasteiger partial charge in [0.05, 0.1) is 12.2 Å². The van der Waals surface area contributed by atoms with Crippen LogP contribution in [0.1, 0.15) is 28.9 Å². The predicted octanol–water partition coefficient (Wildman–Crippen LogP) is 1.64. The summed E-state index contributed by atoms with van der Waals surface area (Å²) in [4.78, 5) is 28.5. The molecule has 0 saturated heterocycles. The van der Waals surface area contributed by atoms with Crippen LogP contribution in [0.3, 0.4) is 0 Å². The number of carbonyl (C=O) groups is 1. The fraction of sp³-hybridized carbons (Fsp3) is 0.154. The number of aromatic amines is 1. The van der Waals surface area contributed by atoms with E-state index in [1.54, 1.807) is 0 Å². The van der Waals surface area contributed by atoms with Crippen LogP contribution in [0.4, 0.5) is 5.95 Å². The van der Waals surface area contributed by atoms with Gasteiger partial charge in [-0.15, -0.1) is 0 Å². The monoisotopic (exact) mass is 259 g/mol. The van der Waals surface area contributed by atoms with Gasteiger partial charge in [0.25, 0.3) is 5.56 Å². The summed E-state index contributed by atoms with van der Waals surface area (Å²) in [5.41, 5.74) is -0.0179. The first kappa shape index (κ1) is 12.8. The maximum atomic E-state index is 11.5. The molecule has 1 aromatic heterocycles. The zero-order valence-electron chi connectivity index (χ0n) is 10.3. The Kier molecular flexibility index (Phi) is 3.61. The molecule has 2 rings (SSSR count). The highest BCUT2D eigenvalue weighted by Gasteiger charge is 2.11. The van der Waals surface area contributed by atoms with Crippen molar-refractivity contribution in [2.45, 2.75) is 13.0 Å². The molecule has 19 heavy (non-hydrogen) atoms. The van der Waals surface area contributed by atoms with Gasteiger partial charge in [0.2, 0.25) is 5.95 Å². The number of carboxylic acid groups (broad SMARTS) is 1. The first-order chi connectivity index (χ1) is 9.08. The van der Waals surface area contributed by atoms with Gasteiger partial charge in [0.1, 0.15) is 5.56 Å². The van der Waals surface area contributed by atoms with Crippen molar-refractivity contribution in [3.63, 3.8) is 0 Å². The van der Waals surface area contributed by atoms with E-state index in [0.29, 0.717) is 0 Å². The van der Waals surface area contributed by atoms with Gasteiger partial charge in [-0.05, 0) is 12.5 Å². The average molecular weight is 259 g/mol. The van der Waals surface area contributed by atoms with Crippen LogP contribution in [-0.2, 0) is 0 Å². The first-order valence-electron chi connectivity index (χ1n) is 5.72. The molecule has 1 aromatic carbocycles. The third kappa shape index (κ3) is 2.98. The molecule has 3 N–H and O–H groups in total. The summed E-state index contributed by atoms with van der Waals surface area (Å²) in [5.74, 6) is -1.05. The van der Waals surface area contributed by atoms with Crippen molar-refractivity contribution >= 4 is 11.9 Å². The Morgan fingerprint density at radius 1 is 1.37 bits per heavy atom. The van der Waals surface area contributed by atoms with Gasteiger partial charge < -0.3 is 10.4 Å². The molecule has 6 heteroatoms. The van der Waals surface area contributed by atoms with Crippen molar-refractivity contribution in [1.29, 1.82) is 0 Å². The van der Waals surface area contributed by atoms with E-state index in [2.05, 4.69) is 15.3 Å². The van der Waals surface area contributed by atoms with E-state index in [-0.39, 0.29) is 17.6 Å². The summed E-state index contributed by atoms with van der Waals surface area (Å²) in [6, 6.07) is 9.58. The zero-order valence-corrected chi connectivity index (χ0v) is 10.3. The van der Waals surface area contributed by atoms with Crippen molar-refractivity contribution in [2.24, 2.45) is 0 Å². The lowest BCUT2D eigenvalue weighted by Gasteiger charge is -2.14. The minimum Gasteiger partial charge on any atom is -0.477 e. The van der Waals surface area contributed by atoms with Crippen molar-refractivity contribution in [3.8, 4) is 0 Å². The number of aromatic carboxylic acids is 1. The number of aromatic nitrogens is 2. The van der Waals surface area contributed by atoms with Gasteiger partial charge in [-0.2, -0.15) is 0 Å². The molecule has 0 fully saturated rings. The van der Waals surface area contributed by atoms with Crippen molar-refractivity contribution in [3.05, 3.63) is 58.0 Å². The lowest BCUT2D eigenvalue weighted by atomic mass is 10.1. The number of benzene rings is 1. The summed E-state index contributed by atoms with van der Waals surface area (Å²) >= 11 is 0. The molecule has 1 unspecified atom stereocenters. The number of anilines is 1. The number of nitrogens with zero attached hydrogens (tertiary/aromatic N) is 1. The average Bonchev–Trinajstić information content (AvgIpc) is 2.39. The standard InChI is InChI=1S/C13H13N3O3/c1-8(9-5-3-2-4-6-9)15-13-14-7-10(12(18)19)11(17)16-13/h2-8H,1H3,(H,18,19)(H2,14,15,16,17). The van der Waals surface area contributed by atoms with Gasteiger partial charge in [-0.1, -0.05) is 30.3 Å². The predicted molar refractivity (Wildman–Crippen MR) is 70.3 cm³/mol. The topological polar surface area (TPSA) is 95.1 Å². The molecule has 1 heterocycles. The van der Waals surface area contributed by atoms with Crippen LogP contribution in [0.5, 0.6) is 0 Å². The molecule has 0 amide bonds. The van der Waals surface area contributed by atoms with Crippen LogP contribution < -0.4 is 10.9 Å². The van der Waals surface area contributed by atoms with E-state index < -0.39 is 11.5 Å². The van der Waals surface area contributed by atoms with Crippen LogP contribution in [0.15, 0.2) is 41.3 Å². The fourth-order valence-electron chi connectivity index (χ4n) is 1.65. The maximum absolute atomic E-state index is 11.5. The fourth-order valence-corrected chi connectivity index (χ4v) is 1.65. The van der Waals surface area contributed by atoms with Gasteiger partial charge in [0, 0.05) is 0 Å². The summed E-state index contributed by atoms with van der Waals surface area (Å²) in [7, 11) is 0. The second kappa shape index (κ2) is 5.34. The number of rotatable bonds is 4. The van der Waals surface area contributed by atoms with E-state index in [4.69, 9.17) is 5.11 Å². The second-order valence-corrected chi connectivity index (χ2v) is 4.06. The Labute approximate surface area is 109 Å². The van der Waals surface area contributed by atoms with Crippen LogP contribution in [-0.4, -0.2) is 21.0 Å². The summed E-state index contributed by atoms with van der Waals surface area (Å²) in [6.45, 7) is 1.92. The Bertz CT molecular complexity index is 637. The van der Waals surface area contributed by atoms with Crippen molar-refractivity contribution in [1.82, 2.24) is 9.97 Å². The second-order valence-electron chi connectivity index (χ2n) is 4.06. The zero-order chi connectivity index (χ0) is 13.8. The molecule has 0 spiro atoms. The van der Waals surface area contributed by atoms with E-state index in [0.717, 1.165) is 11.8 Å². The minimum atomic E-state index is -1.29. The number of hydrogen-bond acceptors (Lipinski definition) is 4. The molecule has 2 aromatic rings. The lowest BCUT2D eigenvalue weighted by Crippen LogP contribution is -2.21. The smallest absolute Gasteiger partial charge is 0.342 e. The summed E-state index contributed by atoms with van der Waals surface area (Å²) < 4.78 is 0. The van der Waals surface area contributed by atoms with Gasteiger partial charge >= 0.3 is 5.97 Å². The minimum absolute atomic E-state index is 0.0555. The highest BCUT2D eigenvalue weighted by molar-refractivity contribution is 5.86. The Balaban J connectivity index is 2.18. The normalized spacial score (nSPS) is 11.8. The van der Waals surface area contributed by atoms with Crippen molar-refractivity contribution in [2.75, 3.05) is 5.32 Å². The number of nitrogens with one attached hydrogen (secondary N) is 2. The Morgan fingerprint density at radius 3 is 2.63 bits per heavy atom. The number of hydrogen-bond donors (Lipinski definition) is 3. The van der Waals surface area contributed by atoms with Gasteiger partial charge in [-0.3, -0.25) is 9.78 Å². The summed E-state index contributed by atoms with van der Waals surface area (Å²) in [6.07, 6.45) is 1.04. The van der Waals surface area contributed by atoms with Gasteiger partial charge in [0.15, 0.2) is 0 Å². The molecule has 0 aliphatic carbocycles. The summed E-state index contributed by atoms with van der Waals surface area (Å²) in [5, 5.41) is 11.7. The number of H-pyrrole nitrogens is 1. The molecular formula is C13H13N3O3. The Morgan fingerprint density at radius 2 is 2.05 bits per heavy atom. The third-order valence-corrected chi connectivity index (χ3v) is 2.68. The lowest BCUT2D eigenvalue weighted by molar-refractivity contribution is 0.0694. The van der Waals surface area contributed by atoms with Crippen LogP contribution in [0.25, 0.3) is 0 Å². The van der Waals surface area contributed by atoms with E-state index in [1.165, 1.54) is 0 Å². The molecular weight excluding hydrogens is 246 g/mol. The Hall–Kier alpha value is -2.63. The molecule has 0 saturated carbocycles. The third-order valence-electron chi connectivity index (χ3n) is 2.68. The largest absolute Gasteiger partial charge is 0.477 e. The maximum Gasteiger partial charge on any atom is 0.342 e. The molecule has 6 nitrogen and oxygen atoms in total. The van der Waals surface area contributed by atoms with E-state index in [9.17, 15) is 9.59 Å². The quantitative estimate of drug-likeness (QED) is 0.775.